The summed E-state index contributed by atoms with van der Waals surface area (Å²) in [5.74, 6) is -0.844. The second kappa shape index (κ2) is 5.68. The Morgan fingerprint density at radius 2 is 1.65 bits per heavy atom. The van der Waals surface area contributed by atoms with Gasteiger partial charge >= 0.3 is 5.97 Å². The molecule has 23 heavy (non-hydrogen) atoms. The number of rotatable bonds is 3. The molecule has 1 heterocycles. The van der Waals surface area contributed by atoms with Gasteiger partial charge in [-0.2, -0.15) is 9.78 Å². The maximum atomic E-state index is 12.7. The molecule has 1 aromatic heterocycles. The van der Waals surface area contributed by atoms with E-state index in [0.717, 1.165) is 11.1 Å². The highest BCUT2D eigenvalue weighted by Gasteiger charge is 2.14. The first-order valence-corrected chi connectivity index (χ1v) is 7.34. The van der Waals surface area contributed by atoms with E-state index in [9.17, 15) is 9.59 Å². The monoisotopic (exact) mass is 308 g/mol. The molecule has 0 spiro atoms. The average Bonchev–Trinajstić information content (AvgIpc) is 2.55. The van der Waals surface area contributed by atoms with Crippen LogP contribution >= 0.6 is 0 Å². The third-order valence-electron chi connectivity index (χ3n) is 3.74. The molecule has 0 aliphatic carbocycles. The maximum absolute atomic E-state index is 12.7. The van der Waals surface area contributed by atoms with E-state index in [-0.39, 0.29) is 17.0 Å². The van der Waals surface area contributed by atoms with E-state index in [1.165, 1.54) is 16.8 Å². The lowest BCUT2D eigenvalue weighted by molar-refractivity contribution is 0.0697. The zero-order valence-electron chi connectivity index (χ0n) is 12.9. The summed E-state index contributed by atoms with van der Waals surface area (Å²) in [6, 6.07) is 13.5. The van der Waals surface area contributed by atoms with Crippen molar-refractivity contribution in [2.45, 2.75) is 19.8 Å². The van der Waals surface area contributed by atoms with Crippen LogP contribution < -0.4 is 5.56 Å². The summed E-state index contributed by atoms with van der Waals surface area (Å²) < 4.78 is 1.34. The molecule has 0 radical (unpaired) electrons. The largest absolute Gasteiger partial charge is 0.478 e. The summed E-state index contributed by atoms with van der Waals surface area (Å²) in [4.78, 5) is 23.7. The number of aromatic nitrogens is 2. The molecule has 2 aromatic carbocycles. The van der Waals surface area contributed by atoms with Gasteiger partial charge in [0.05, 0.1) is 22.3 Å². The molecule has 5 nitrogen and oxygen atoms in total. The van der Waals surface area contributed by atoms with Gasteiger partial charge in [0, 0.05) is 5.39 Å². The number of carboxylic acids is 1. The van der Waals surface area contributed by atoms with Crippen molar-refractivity contribution in [3.63, 3.8) is 0 Å². The molecular weight excluding hydrogens is 292 g/mol. The number of benzene rings is 2. The van der Waals surface area contributed by atoms with Crippen LogP contribution in [0, 0.1) is 0 Å². The summed E-state index contributed by atoms with van der Waals surface area (Å²) in [6.07, 6.45) is 0. The van der Waals surface area contributed by atoms with Crippen LogP contribution in [0.1, 0.15) is 35.8 Å². The number of aromatic carboxylic acids is 1. The molecule has 0 aliphatic rings. The number of hydrogen-bond acceptors (Lipinski definition) is 3. The van der Waals surface area contributed by atoms with E-state index >= 15 is 0 Å². The fourth-order valence-corrected chi connectivity index (χ4v) is 2.56. The van der Waals surface area contributed by atoms with Gasteiger partial charge in [-0.3, -0.25) is 4.79 Å². The normalized spacial score (nSPS) is 11.1. The Morgan fingerprint density at radius 1 is 1.04 bits per heavy atom. The Labute approximate surface area is 132 Å². The van der Waals surface area contributed by atoms with Crippen molar-refractivity contribution in [3.05, 3.63) is 70.1 Å². The van der Waals surface area contributed by atoms with Crippen molar-refractivity contribution in [1.29, 1.82) is 0 Å². The number of hydrogen-bond donors (Lipinski definition) is 1. The molecule has 5 heteroatoms. The standard InChI is InChI=1S/C18H16N2O3/c1-11(2)16-14-5-3-4-6-15(14)17(21)20(19-16)13-9-7-12(8-10-13)18(22)23/h3-11H,1-2H3,(H,22,23). The number of fused-ring (bicyclic) bond motifs is 1. The van der Waals surface area contributed by atoms with Gasteiger partial charge in [0.25, 0.3) is 5.56 Å². The van der Waals surface area contributed by atoms with Crippen LogP contribution in [0.3, 0.4) is 0 Å². The van der Waals surface area contributed by atoms with Crippen LogP contribution in [0.25, 0.3) is 16.5 Å². The van der Waals surface area contributed by atoms with Gasteiger partial charge in [0.15, 0.2) is 0 Å². The van der Waals surface area contributed by atoms with Crippen LogP contribution in [0.15, 0.2) is 53.3 Å². The first kappa shape index (κ1) is 15.0. The van der Waals surface area contributed by atoms with E-state index in [1.807, 2.05) is 32.0 Å². The molecule has 0 saturated carbocycles. The minimum atomic E-state index is -1.00. The first-order chi connectivity index (χ1) is 11.0. The van der Waals surface area contributed by atoms with Gasteiger partial charge in [-0.05, 0) is 36.2 Å². The lowest BCUT2D eigenvalue weighted by atomic mass is 10.0. The first-order valence-electron chi connectivity index (χ1n) is 7.34. The summed E-state index contributed by atoms with van der Waals surface area (Å²) in [6.45, 7) is 4.05. The zero-order valence-corrected chi connectivity index (χ0v) is 12.9. The minimum absolute atomic E-state index is 0.157. The van der Waals surface area contributed by atoms with E-state index in [4.69, 9.17) is 5.11 Å². The minimum Gasteiger partial charge on any atom is -0.478 e. The highest BCUT2D eigenvalue weighted by atomic mass is 16.4. The summed E-state index contributed by atoms with van der Waals surface area (Å²) >= 11 is 0. The van der Waals surface area contributed by atoms with Crippen molar-refractivity contribution in [3.8, 4) is 5.69 Å². The SMILES string of the molecule is CC(C)c1nn(-c2ccc(C(=O)O)cc2)c(=O)c2ccccc12. The number of carbonyl (C=O) groups is 1. The molecule has 0 fully saturated rings. The van der Waals surface area contributed by atoms with E-state index in [0.29, 0.717) is 11.1 Å². The molecule has 1 N–H and O–H groups in total. The summed E-state index contributed by atoms with van der Waals surface area (Å²) in [5, 5.41) is 14.9. The van der Waals surface area contributed by atoms with Crippen LogP contribution in [0.4, 0.5) is 0 Å². The van der Waals surface area contributed by atoms with Crippen LogP contribution in [-0.4, -0.2) is 20.9 Å². The van der Waals surface area contributed by atoms with Crippen molar-refractivity contribution in [2.75, 3.05) is 0 Å². The summed E-state index contributed by atoms with van der Waals surface area (Å²) in [7, 11) is 0. The molecule has 3 aromatic rings. The topological polar surface area (TPSA) is 72.2 Å². The van der Waals surface area contributed by atoms with E-state index in [1.54, 1.807) is 18.2 Å². The van der Waals surface area contributed by atoms with Crippen molar-refractivity contribution < 1.29 is 9.90 Å². The third-order valence-corrected chi connectivity index (χ3v) is 3.74. The van der Waals surface area contributed by atoms with Crippen LogP contribution in [0.2, 0.25) is 0 Å². The molecule has 116 valence electrons. The molecule has 0 bridgehead atoms. The maximum Gasteiger partial charge on any atom is 0.335 e. The summed E-state index contributed by atoms with van der Waals surface area (Å²) in [5.41, 5.74) is 1.34. The van der Waals surface area contributed by atoms with Crippen LogP contribution in [-0.2, 0) is 0 Å². The fraction of sp³-hybridized carbons (Fsp3) is 0.167. The van der Waals surface area contributed by atoms with Crippen molar-refractivity contribution in [1.82, 2.24) is 9.78 Å². The van der Waals surface area contributed by atoms with Gasteiger partial charge in [-0.15, -0.1) is 0 Å². The predicted molar refractivity (Wildman–Crippen MR) is 88.4 cm³/mol. The van der Waals surface area contributed by atoms with Gasteiger partial charge in [-0.25, -0.2) is 4.79 Å². The Balaban J connectivity index is 2.27. The van der Waals surface area contributed by atoms with Gasteiger partial charge < -0.3 is 5.11 Å². The second-order valence-electron chi connectivity index (χ2n) is 5.65. The fourth-order valence-electron chi connectivity index (χ4n) is 2.56. The van der Waals surface area contributed by atoms with E-state index in [2.05, 4.69) is 5.10 Å². The second-order valence-corrected chi connectivity index (χ2v) is 5.65. The number of carboxylic acid groups (broad SMARTS) is 1. The Kier molecular flexibility index (Phi) is 3.70. The lowest BCUT2D eigenvalue weighted by Crippen LogP contribution is -2.23. The average molecular weight is 308 g/mol. The Bertz CT molecular complexity index is 941. The quantitative estimate of drug-likeness (QED) is 0.806. The molecular formula is C18H16N2O3. The smallest absolute Gasteiger partial charge is 0.335 e. The number of nitrogens with zero attached hydrogens (tertiary/aromatic N) is 2. The van der Waals surface area contributed by atoms with Crippen molar-refractivity contribution >= 4 is 16.7 Å². The molecule has 0 saturated heterocycles. The van der Waals surface area contributed by atoms with Gasteiger partial charge in [0.2, 0.25) is 0 Å². The zero-order chi connectivity index (χ0) is 16.6. The molecule has 0 amide bonds. The molecule has 0 aliphatic heterocycles. The Hall–Kier alpha value is -2.95. The third kappa shape index (κ3) is 2.61. The molecule has 0 unspecified atom stereocenters. The predicted octanol–water partition coefficient (Wildman–Crippen LogP) is 3.21. The molecule has 0 atom stereocenters. The van der Waals surface area contributed by atoms with Gasteiger partial charge in [-0.1, -0.05) is 32.0 Å². The molecule has 3 rings (SSSR count). The lowest BCUT2D eigenvalue weighted by Gasteiger charge is -2.13. The highest BCUT2D eigenvalue weighted by molar-refractivity contribution is 5.88. The van der Waals surface area contributed by atoms with Gasteiger partial charge in [0.1, 0.15) is 0 Å². The van der Waals surface area contributed by atoms with E-state index < -0.39 is 5.97 Å². The van der Waals surface area contributed by atoms with Crippen molar-refractivity contribution in [2.24, 2.45) is 0 Å². The Morgan fingerprint density at radius 3 is 2.22 bits per heavy atom. The highest BCUT2D eigenvalue weighted by Crippen LogP contribution is 2.21. The van der Waals surface area contributed by atoms with Crippen LogP contribution in [0.5, 0.6) is 0 Å².